The highest BCUT2D eigenvalue weighted by molar-refractivity contribution is 9.13. The first-order valence-corrected chi connectivity index (χ1v) is 8.71. The van der Waals surface area contributed by atoms with Crippen molar-refractivity contribution in [2.24, 2.45) is 5.92 Å². The largest absolute Gasteiger partial charge is 0.378 e. The molecular formula is C13H14Br2O3S. The van der Waals surface area contributed by atoms with Gasteiger partial charge in [0.1, 0.15) is 0 Å². The van der Waals surface area contributed by atoms with E-state index in [4.69, 9.17) is 9.47 Å². The number of ketones is 1. The summed E-state index contributed by atoms with van der Waals surface area (Å²) in [4.78, 5) is 13.4. The van der Waals surface area contributed by atoms with Crippen molar-refractivity contribution < 1.29 is 14.3 Å². The minimum Gasteiger partial charge on any atom is -0.378 e. The van der Waals surface area contributed by atoms with Gasteiger partial charge in [0, 0.05) is 30.0 Å². The molecule has 0 amide bonds. The minimum absolute atomic E-state index is 0.0629. The Morgan fingerprint density at radius 3 is 2.89 bits per heavy atom. The Morgan fingerprint density at radius 2 is 2.26 bits per heavy atom. The second-order valence-corrected chi connectivity index (χ2v) is 8.34. The van der Waals surface area contributed by atoms with Crippen LogP contribution in [0.4, 0.5) is 0 Å². The number of thiophene rings is 1. The van der Waals surface area contributed by atoms with E-state index in [0.29, 0.717) is 13.2 Å². The summed E-state index contributed by atoms with van der Waals surface area (Å²) in [6, 6.07) is 1.91. The molecule has 0 saturated carbocycles. The number of halogens is 2. The maximum absolute atomic E-state index is 12.6. The molecule has 1 aromatic rings. The van der Waals surface area contributed by atoms with Gasteiger partial charge in [0.25, 0.3) is 0 Å². The summed E-state index contributed by atoms with van der Waals surface area (Å²) in [5.74, 6) is 0.305. The van der Waals surface area contributed by atoms with E-state index in [1.165, 1.54) is 11.3 Å². The van der Waals surface area contributed by atoms with Gasteiger partial charge in [-0.25, -0.2) is 0 Å². The van der Waals surface area contributed by atoms with Crippen LogP contribution in [-0.2, 0) is 9.47 Å². The molecule has 1 spiro atoms. The first-order valence-electron chi connectivity index (χ1n) is 6.30. The van der Waals surface area contributed by atoms with Gasteiger partial charge < -0.3 is 9.47 Å². The van der Waals surface area contributed by atoms with Crippen LogP contribution in [0, 0.1) is 5.92 Å². The van der Waals surface area contributed by atoms with Crippen molar-refractivity contribution in [1.82, 2.24) is 0 Å². The van der Waals surface area contributed by atoms with E-state index in [-0.39, 0.29) is 17.3 Å². The fraction of sp³-hybridized carbons (Fsp3) is 0.615. The molecule has 2 saturated heterocycles. The van der Waals surface area contributed by atoms with Crippen molar-refractivity contribution in [3.8, 4) is 0 Å². The van der Waals surface area contributed by atoms with Crippen LogP contribution in [0.1, 0.15) is 28.9 Å². The monoisotopic (exact) mass is 408 g/mol. The molecule has 3 nitrogen and oxygen atoms in total. The molecule has 2 aliphatic rings. The van der Waals surface area contributed by atoms with Crippen molar-refractivity contribution in [3.63, 3.8) is 0 Å². The van der Waals surface area contributed by atoms with E-state index in [1.807, 2.05) is 6.07 Å². The molecule has 2 fully saturated rings. The lowest BCUT2D eigenvalue weighted by Gasteiger charge is -2.36. The van der Waals surface area contributed by atoms with E-state index in [2.05, 4.69) is 31.9 Å². The molecule has 19 heavy (non-hydrogen) atoms. The summed E-state index contributed by atoms with van der Waals surface area (Å²) in [5, 5.41) is 0. The molecule has 0 aliphatic carbocycles. The number of carbonyl (C=O) groups excluding carboxylic acids is 1. The number of hydrogen-bond donors (Lipinski definition) is 0. The molecule has 2 atom stereocenters. The van der Waals surface area contributed by atoms with Crippen LogP contribution >= 0.6 is 43.2 Å². The minimum atomic E-state index is -0.204. The van der Waals surface area contributed by atoms with Crippen molar-refractivity contribution in [3.05, 3.63) is 19.2 Å². The van der Waals surface area contributed by atoms with E-state index in [1.54, 1.807) is 0 Å². The van der Waals surface area contributed by atoms with Gasteiger partial charge in [-0.05, 0) is 50.8 Å². The Labute approximate surface area is 132 Å². The van der Waals surface area contributed by atoms with Gasteiger partial charge >= 0.3 is 0 Å². The van der Waals surface area contributed by atoms with Crippen molar-refractivity contribution in [1.29, 1.82) is 0 Å². The van der Waals surface area contributed by atoms with Crippen LogP contribution in [0.15, 0.2) is 14.3 Å². The molecule has 3 rings (SSSR count). The van der Waals surface area contributed by atoms with Crippen molar-refractivity contribution >= 4 is 49.0 Å². The Hall–Kier alpha value is 0.250. The van der Waals surface area contributed by atoms with Gasteiger partial charge in [-0.3, -0.25) is 4.79 Å². The lowest BCUT2D eigenvalue weighted by molar-refractivity contribution is -0.0920. The highest BCUT2D eigenvalue weighted by atomic mass is 79.9. The van der Waals surface area contributed by atoms with Gasteiger partial charge in [0.15, 0.2) is 5.78 Å². The number of Topliss-reactive ketones (excluding diaryl/α,β-unsaturated/α-hetero) is 1. The second-order valence-electron chi connectivity index (χ2n) is 5.12. The maximum atomic E-state index is 12.6. The van der Waals surface area contributed by atoms with E-state index in [0.717, 1.165) is 39.0 Å². The lowest BCUT2D eigenvalue weighted by Crippen LogP contribution is -2.42. The van der Waals surface area contributed by atoms with Crippen LogP contribution in [0.25, 0.3) is 0 Å². The standard InChI is InChI=1S/C13H14Br2O3S/c14-9-5-10(19-12(9)15)11(16)8-1-3-18-13(6-8)2-4-17-7-13/h5,8H,1-4,6-7H2. The zero-order valence-corrected chi connectivity index (χ0v) is 14.3. The molecule has 0 bridgehead atoms. The van der Waals surface area contributed by atoms with Gasteiger partial charge in [-0.2, -0.15) is 0 Å². The third-order valence-corrected chi connectivity index (χ3v) is 7.09. The quantitative estimate of drug-likeness (QED) is 0.691. The molecule has 0 aromatic carbocycles. The Balaban J connectivity index is 1.76. The molecule has 104 valence electrons. The predicted octanol–water partition coefficient (Wildman–Crippen LogP) is 4.04. The smallest absolute Gasteiger partial charge is 0.176 e. The second kappa shape index (κ2) is 5.56. The maximum Gasteiger partial charge on any atom is 0.176 e. The van der Waals surface area contributed by atoms with E-state index >= 15 is 0 Å². The summed E-state index contributed by atoms with van der Waals surface area (Å²) >= 11 is 8.37. The number of carbonyl (C=O) groups is 1. The number of hydrogen-bond acceptors (Lipinski definition) is 4. The summed E-state index contributed by atoms with van der Waals surface area (Å²) in [7, 11) is 0. The highest BCUT2D eigenvalue weighted by Gasteiger charge is 2.43. The van der Waals surface area contributed by atoms with Crippen LogP contribution in [0.3, 0.4) is 0 Å². The first kappa shape index (κ1) is 14.2. The van der Waals surface area contributed by atoms with Gasteiger partial charge in [-0.1, -0.05) is 0 Å². The van der Waals surface area contributed by atoms with Crippen molar-refractivity contribution in [2.75, 3.05) is 19.8 Å². The molecule has 2 aliphatic heterocycles. The summed E-state index contributed by atoms with van der Waals surface area (Å²) in [6.07, 6.45) is 2.52. The van der Waals surface area contributed by atoms with Gasteiger partial charge in [0.05, 0.1) is 20.9 Å². The molecule has 6 heteroatoms. The molecule has 3 heterocycles. The summed E-state index contributed by atoms with van der Waals surface area (Å²) in [6.45, 7) is 2.04. The number of ether oxygens (including phenoxy) is 2. The SMILES string of the molecule is O=C(c1cc(Br)c(Br)s1)C1CCOC2(CCOC2)C1. The fourth-order valence-corrected chi connectivity index (χ4v) is 4.84. The van der Waals surface area contributed by atoms with E-state index in [9.17, 15) is 4.79 Å². The third-order valence-electron chi connectivity index (χ3n) is 3.82. The lowest BCUT2D eigenvalue weighted by atomic mass is 9.82. The van der Waals surface area contributed by atoms with Gasteiger partial charge in [-0.15, -0.1) is 11.3 Å². The van der Waals surface area contributed by atoms with Crippen LogP contribution < -0.4 is 0 Å². The topological polar surface area (TPSA) is 35.5 Å². The van der Waals surface area contributed by atoms with Crippen LogP contribution in [0.5, 0.6) is 0 Å². The molecule has 2 unspecified atom stereocenters. The zero-order valence-electron chi connectivity index (χ0n) is 10.3. The fourth-order valence-electron chi connectivity index (χ4n) is 2.78. The van der Waals surface area contributed by atoms with Crippen LogP contribution in [0.2, 0.25) is 0 Å². The van der Waals surface area contributed by atoms with Crippen LogP contribution in [-0.4, -0.2) is 31.2 Å². The summed E-state index contributed by atoms with van der Waals surface area (Å²) < 4.78 is 13.3. The Morgan fingerprint density at radius 1 is 1.42 bits per heavy atom. The van der Waals surface area contributed by atoms with E-state index < -0.39 is 0 Å². The predicted molar refractivity (Wildman–Crippen MR) is 80.9 cm³/mol. The zero-order chi connectivity index (χ0) is 13.5. The molecule has 1 aromatic heterocycles. The highest BCUT2D eigenvalue weighted by Crippen LogP contribution is 2.39. The Kier molecular flexibility index (Phi) is 4.16. The first-order chi connectivity index (χ1) is 9.10. The summed E-state index contributed by atoms with van der Waals surface area (Å²) in [5.41, 5.74) is -0.204. The molecule has 0 N–H and O–H groups in total. The average Bonchev–Trinajstić information content (AvgIpc) is 2.97. The van der Waals surface area contributed by atoms with Gasteiger partial charge in [0.2, 0.25) is 0 Å². The molecule has 0 radical (unpaired) electrons. The molecular weight excluding hydrogens is 396 g/mol. The Bertz CT molecular complexity index is 475. The normalized spacial score (nSPS) is 30.9. The van der Waals surface area contributed by atoms with Crippen molar-refractivity contribution in [2.45, 2.75) is 24.9 Å². The number of rotatable bonds is 2. The average molecular weight is 410 g/mol. The third kappa shape index (κ3) is 2.83.